The van der Waals surface area contributed by atoms with E-state index in [0.717, 1.165) is 25.6 Å². The molecule has 25 heavy (non-hydrogen) atoms. The van der Waals surface area contributed by atoms with Crippen LogP contribution >= 0.6 is 0 Å². The first-order chi connectivity index (χ1) is 12.2. The van der Waals surface area contributed by atoms with Gasteiger partial charge in [0.1, 0.15) is 0 Å². The van der Waals surface area contributed by atoms with Gasteiger partial charge in [-0.05, 0) is 43.0 Å². The maximum Gasteiger partial charge on any atom is 0.191 e. The summed E-state index contributed by atoms with van der Waals surface area (Å²) in [6.45, 7) is 7.66. The largest absolute Gasteiger partial charge is 0.354 e. The van der Waals surface area contributed by atoms with E-state index in [4.69, 9.17) is 0 Å². The Bertz CT molecular complexity index is 709. The summed E-state index contributed by atoms with van der Waals surface area (Å²) in [5.41, 5.74) is 1.30. The molecular formula is C21H30N4. The number of hydrogen-bond acceptors (Lipinski definition) is 2. The standard InChI is InChI=1S/C21H30N4/c1-16(2)25-13-11-19(12-14-25)24-21(22-3)23-15-18-9-6-8-17-7-4-5-10-20(17)18/h4-10,16,19H,11-15H2,1-3H3,(H2,22,23,24). The zero-order valence-corrected chi connectivity index (χ0v) is 15.6. The molecule has 2 aromatic rings. The molecule has 4 heteroatoms. The molecule has 1 heterocycles. The molecule has 1 aliphatic heterocycles. The van der Waals surface area contributed by atoms with Gasteiger partial charge in [0.2, 0.25) is 0 Å². The number of piperidine rings is 1. The minimum atomic E-state index is 0.508. The first-order valence-corrected chi connectivity index (χ1v) is 9.35. The number of rotatable bonds is 4. The summed E-state index contributed by atoms with van der Waals surface area (Å²) in [6, 6.07) is 16.2. The maximum absolute atomic E-state index is 4.41. The molecule has 1 aliphatic rings. The van der Waals surface area contributed by atoms with E-state index in [-0.39, 0.29) is 0 Å². The zero-order valence-electron chi connectivity index (χ0n) is 15.6. The highest BCUT2D eigenvalue weighted by molar-refractivity contribution is 5.86. The van der Waals surface area contributed by atoms with Crippen LogP contribution < -0.4 is 10.6 Å². The summed E-state index contributed by atoms with van der Waals surface area (Å²) >= 11 is 0. The lowest BCUT2D eigenvalue weighted by atomic mass is 10.0. The average molecular weight is 338 g/mol. The van der Waals surface area contributed by atoms with Crippen molar-refractivity contribution in [1.29, 1.82) is 0 Å². The molecule has 134 valence electrons. The Morgan fingerprint density at radius 2 is 1.84 bits per heavy atom. The lowest BCUT2D eigenvalue weighted by Gasteiger charge is -2.35. The van der Waals surface area contributed by atoms with E-state index in [0.29, 0.717) is 12.1 Å². The number of nitrogens with zero attached hydrogens (tertiary/aromatic N) is 2. The van der Waals surface area contributed by atoms with Gasteiger partial charge in [-0.15, -0.1) is 0 Å². The molecule has 4 nitrogen and oxygen atoms in total. The Balaban J connectivity index is 1.56. The SMILES string of the molecule is CN=C(NCc1cccc2ccccc12)NC1CCN(C(C)C)CC1. The Hall–Kier alpha value is -2.07. The van der Waals surface area contributed by atoms with Crippen LogP contribution in [-0.2, 0) is 6.54 Å². The van der Waals surface area contributed by atoms with E-state index in [1.807, 2.05) is 7.05 Å². The number of hydrogen-bond donors (Lipinski definition) is 2. The molecule has 0 radical (unpaired) electrons. The van der Waals surface area contributed by atoms with E-state index >= 15 is 0 Å². The lowest BCUT2D eigenvalue weighted by molar-refractivity contribution is 0.167. The van der Waals surface area contributed by atoms with Crippen molar-refractivity contribution in [2.24, 2.45) is 4.99 Å². The second kappa shape index (κ2) is 8.34. The van der Waals surface area contributed by atoms with Crippen molar-refractivity contribution in [2.45, 2.75) is 45.3 Å². The smallest absolute Gasteiger partial charge is 0.191 e. The van der Waals surface area contributed by atoms with Crippen LogP contribution in [0.15, 0.2) is 47.5 Å². The molecule has 1 saturated heterocycles. The Kier molecular flexibility index (Phi) is 5.92. The van der Waals surface area contributed by atoms with Crippen LogP contribution in [0.25, 0.3) is 10.8 Å². The van der Waals surface area contributed by atoms with Gasteiger partial charge in [0.15, 0.2) is 5.96 Å². The summed E-state index contributed by atoms with van der Waals surface area (Å²) in [5.74, 6) is 0.899. The number of likely N-dealkylation sites (tertiary alicyclic amines) is 1. The molecule has 2 N–H and O–H groups in total. The van der Waals surface area contributed by atoms with Gasteiger partial charge in [-0.1, -0.05) is 42.5 Å². The van der Waals surface area contributed by atoms with Crippen molar-refractivity contribution in [3.63, 3.8) is 0 Å². The van der Waals surface area contributed by atoms with Gasteiger partial charge in [0.05, 0.1) is 0 Å². The van der Waals surface area contributed by atoms with Gasteiger partial charge in [-0.2, -0.15) is 0 Å². The number of fused-ring (bicyclic) bond motifs is 1. The van der Waals surface area contributed by atoms with Crippen LogP contribution in [0.5, 0.6) is 0 Å². The molecule has 0 aliphatic carbocycles. The molecule has 0 amide bonds. The van der Waals surface area contributed by atoms with Gasteiger partial charge < -0.3 is 15.5 Å². The van der Waals surface area contributed by atoms with Gasteiger partial charge in [-0.3, -0.25) is 4.99 Å². The average Bonchev–Trinajstić information content (AvgIpc) is 2.65. The molecule has 0 spiro atoms. The molecule has 0 bridgehead atoms. The topological polar surface area (TPSA) is 39.7 Å². The van der Waals surface area contributed by atoms with Crippen molar-refractivity contribution < 1.29 is 0 Å². The third kappa shape index (κ3) is 4.51. The highest BCUT2D eigenvalue weighted by Gasteiger charge is 2.21. The second-order valence-electron chi connectivity index (χ2n) is 7.11. The van der Waals surface area contributed by atoms with Crippen LogP contribution in [0.4, 0.5) is 0 Å². The fourth-order valence-electron chi connectivity index (χ4n) is 3.57. The van der Waals surface area contributed by atoms with Crippen LogP contribution in [0.1, 0.15) is 32.3 Å². The maximum atomic E-state index is 4.41. The van der Waals surface area contributed by atoms with Crippen molar-refractivity contribution >= 4 is 16.7 Å². The first-order valence-electron chi connectivity index (χ1n) is 9.35. The third-order valence-electron chi connectivity index (χ3n) is 5.15. The predicted molar refractivity (Wildman–Crippen MR) is 107 cm³/mol. The van der Waals surface area contributed by atoms with E-state index in [1.54, 1.807) is 0 Å². The fourth-order valence-corrected chi connectivity index (χ4v) is 3.57. The zero-order chi connectivity index (χ0) is 17.6. The van der Waals surface area contributed by atoms with Crippen molar-refractivity contribution in [1.82, 2.24) is 15.5 Å². The lowest BCUT2D eigenvalue weighted by Crippen LogP contribution is -2.49. The van der Waals surface area contributed by atoms with Crippen molar-refractivity contribution in [2.75, 3.05) is 20.1 Å². The number of nitrogens with one attached hydrogen (secondary N) is 2. The summed E-state index contributed by atoms with van der Waals surface area (Å²) in [7, 11) is 1.85. The van der Waals surface area contributed by atoms with Crippen LogP contribution in [-0.4, -0.2) is 43.1 Å². The third-order valence-corrected chi connectivity index (χ3v) is 5.15. The first kappa shape index (κ1) is 17.7. The van der Waals surface area contributed by atoms with Crippen molar-refractivity contribution in [3.05, 3.63) is 48.0 Å². The summed E-state index contributed by atoms with van der Waals surface area (Å²) in [6.07, 6.45) is 2.35. The Labute approximate surface area is 151 Å². The fraction of sp³-hybridized carbons (Fsp3) is 0.476. The molecular weight excluding hydrogens is 308 g/mol. The quantitative estimate of drug-likeness (QED) is 0.663. The summed E-state index contributed by atoms with van der Waals surface area (Å²) in [4.78, 5) is 6.96. The molecule has 0 aromatic heterocycles. The van der Waals surface area contributed by atoms with E-state index in [2.05, 4.69) is 76.8 Å². The number of benzene rings is 2. The molecule has 0 atom stereocenters. The van der Waals surface area contributed by atoms with Gasteiger partial charge in [0, 0.05) is 38.8 Å². The van der Waals surface area contributed by atoms with E-state index in [1.165, 1.54) is 29.2 Å². The number of guanidine groups is 1. The monoisotopic (exact) mass is 338 g/mol. The summed E-state index contributed by atoms with van der Waals surface area (Å²) < 4.78 is 0. The Morgan fingerprint density at radius 1 is 1.12 bits per heavy atom. The normalized spacial score (nSPS) is 17.2. The highest BCUT2D eigenvalue weighted by Crippen LogP contribution is 2.18. The molecule has 3 rings (SSSR count). The van der Waals surface area contributed by atoms with E-state index < -0.39 is 0 Å². The van der Waals surface area contributed by atoms with Crippen LogP contribution in [0, 0.1) is 0 Å². The van der Waals surface area contributed by atoms with Crippen LogP contribution in [0.2, 0.25) is 0 Å². The van der Waals surface area contributed by atoms with Crippen molar-refractivity contribution in [3.8, 4) is 0 Å². The van der Waals surface area contributed by atoms with E-state index in [9.17, 15) is 0 Å². The number of aliphatic imine (C=N–C) groups is 1. The van der Waals surface area contributed by atoms with Gasteiger partial charge >= 0.3 is 0 Å². The summed E-state index contributed by atoms with van der Waals surface area (Å²) in [5, 5.41) is 9.67. The second-order valence-corrected chi connectivity index (χ2v) is 7.11. The molecule has 0 saturated carbocycles. The van der Waals surface area contributed by atoms with Gasteiger partial charge in [0.25, 0.3) is 0 Å². The van der Waals surface area contributed by atoms with Gasteiger partial charge in [-0.25, -0.2) is 0 Å². The Morgan fingerprint density at radius 3 is 2.56 bits per heavy atom. The molecule has 2 aromatic carbocycles. The minimum Gasteiger partial charge on any atom is -0.354 e. The molecule has 0 unspecified atom stereocenters. The minimum absolute atomic E-state index is 0.508. The van der Waals surface area contributed by atoms with Crippen LogP contribution in [0.3, 0.4) is 0 Å². The predicted octanol–water partition coefficient (Wildman–Crippen LogP) is 3.38. The highest BCUT2D eigenvalue weighted by atomic mass is 15.2. The molecule has 1 fully saturated rings.